The predicted molar refractivity (Wildman–Crippen MR) is 73.1 cm³/mol. The molecule has 0 aromatic heterocycles. The van der Waals surface area contributed by atoms with Gasteiger partial charge in [0.1, 0.15) is 5.40 Å². The van der Waals surface area contributed by atoms with Crippen LogP contribution in [0.2, 0.25) is 0 Å². The summed E-state index contributed by atoms with van der Waals surface area (Å²) in [6.45, 7) is 0. The molecule has 0 fully saturated rings. The van der Waals surface area contributed by atoms with E-state index in [-0.39, 0.29) is 5.91 Å². The zero-order valence-corrected chi connectivity index (χ0v) is 10.8. The number of amides is 1. The predicted octanol–water partition coefficient (Wildman–Crippen LogP) is 3.70. The van der Waals surface area contributed by atoms with Crippen molar-refractivity contribution in [1.82, 2.24) is 0 Å². The first-order chi connectivity index (χ1) is 8.79. The lowest BCUT2D eigenvalue weighted by Crippen LogP contribution is -2.15. The van der Waals surface area contributed by atoms with Crippen LogP contribution in [0.4, 0.5) is 5.69 Å². The van der Waals surface area contributed by atoms with Crippen molar-refractivity contribution in [1.29, 1.82) is 5.26 Å². The smallest absolute Gasteiger partial charge is 0.251 e. The molecule has 0 spiro atoms. The molecule has 4 heteroatoms. The minimum atomic E-state index is -0.00427. The van der Waals surface area contributed by atoms with Crippen LogP contribution in [0.25, 0.3) is 0 Å². The van der Waals surface area contributed by atoms with Gasteiger partial charge in [0.2, 0.25) is 0 Å². The number of nitriles is 1. The number of allylic oxidation sites excluding steroid dienone is 1. The lowest BCUT2D eigenvalue weighted by molar-refractivity contribution is -0.113. The van der Waals surface area contributed by atoms with Gasteiger partial charge in [0.15, 0.2) is 0 Å². The van der Waals surface area contributed by atoms with Gasteiger partial charge in [0.05, 0.1) is 0 Å². The third-order valence-corrected chi connectivity index (χ3v) is 3.46. The van der Waals surface area contributed by atoms with Crippen LogP contribution in [0.15, 0.2) is 40.8 Å². The number of nitrogens with zero attached hydrogens (tertiary/aromatic N) is 1. The van der Waals surface area contributed by atoms with Gasteiger partial charge in [-0.05, 0) is 61.7 Å². The summed E-state index contributed by atoms with van der Waals surface area (Å²) in [6, 6.07) is 7.30. The Balaban J connectivity index is 1.98. The van der Waals surface area contributed by atoms with Gasteiger partial charge in [-0.25, -0.2) is 0 Å². The SMILES string of the molecule is N#CSc1ccc(NC(=O)C2=CCCCC2)cc1. The molecule has 92 valence electrons. The molecule has 0 bridgehead atoms. The Morgan fingerprint density at radius 1 is 1.28 bits per heavy atom. The number of anilines is 1. The second kappa shape index (κ2) is 6.27. The van der Waals surface area contributed by atoms with Gasteiger partial charge < -0.3 is 5.32 Å². The van der Waals surface area contributed by atoms with Crippen molar-refractivity contribution in [3.05, 3.63) is 35.9 Å². The Morgan fingerprint density at radius 2 is 2.06 bits per heavy atom. The van der Waals surface area contributed by atoms with Crippen LogP contribution in [-0.4, -0.2) is 5.91 Å². The Kier molecular flexibility index (Phi) is 4.43. The molecule has 1 aliphatic rings. The first-order valence-electron chi connectivity index (χ1n) is 5.96. The summed E-state index contributed by atoms with van der Waals surface area (Å²) < 4.78 is 0. The van der Waals surface area contributed by atoms with E-state index in [2.05, 4.69) is 5.32 Å². The number of rotatable bonds is 3. The molecule has 0 radical (unpaired) electrons. The number of hydrogen-bond acceptors (Lipinski definition) is 3. The van der Waals surface area contributed by atoms with E-state index in [0.717, 1.165) is 47.2 Å². The number of carbonyl (C=O) groups is 1. The average molecular weight is 258 g/mol. The highest BCUT2D eigenvalue weighted by Crippen LogP contribution is 2.21. The highest BCUT2D eigenvalue weighted by Gasteiger charge is 2.12. The first-order valence-corrected chi connectivity index (χ1v) is 6.77. The Labute approximate surface area is 111 Å². The number of thioether (sulfide) groups is 1. The topological polar surface area (TPSA) is 52.9 Å². The Morgan fingerprint density at radius 3 is 2.67 bits per heavy atom. The van der Waals surface area contributed by atoms with E-state index in [9.17, 15) is 4.79 Å². The van der Waals surface area contributed by atoms with Gasteiger partial charge in [0.25, 0.3) is 5.91 Å². The molecule has 3 nitrogen and oxygen atoms in total. The maximum Gasteiger partial charge on any atom is 0.251 e. The molecule has 18 heavy (non-hydrogen) atoms. The van der Waals surface area contributed by atoms with Crippen molar-refractivity contribution in [2.45, 2.75) is 30.6 Å². The third kappa shape index (κ3) is 3.38. The van der Waals surface area contributed by atoms with Crippen molar-refractivity contribution in [2.75, 3.05) is 5.32 Å². The third-order valence-electron chi connectivity index (χ3n) is 2.86. The molecular weight excluding hydrogens is 244 g/mol. The molecule has 1 aromatic rings. The van der Waals surface area contributed by atoms with Crippen molar-refractivity contribution in [3.8, 4) is 5.40 Å². The minimum absolute atomic E-state index is 0.00427. The summed E-state index contributed by atoms with van der Waals surface area (Å²) in [4.78, 5) is 12.8. The standard InChI is InChI=1S/C14H14N2OS/c15-10-18-13-8-6-12(7-9-13)16-14(17)11-4-2-1-3-5-11/h4,6-9H,1-3,5H2,(H,16,17). The van der Waals surface area contributed by atoms with Crippen molar-refractivity contribution in [3.63, 3.8) is 0 Å². The summed E-state index contributed by atoms with van der Waals surface area (Å²) in [5.74, 6) is -0.00427. The van der Waals surface area contributed by atoms with Crippen LogP contribution in [0, 0.1) is 10.7 Å². The molecule has 1 N–H and O–H groups in total. The second-order valence-corrected chi connectivity index (χ2v) is 5.01. The minimum Gasteiger partial charge on any atom is -0.322 e. The van der Waals surface area contributed by atoms with Gasteiger partial charge in [-0.2, -0.15) is 5.26 Å². The summed E-state index contributed by atoms with van der Waals surface area (Å²) in [6.07, 6.45) is 6.17. The Hall–Kier alpha value is -1.73. The van der Waals surface area contributed by atoms with Crippen LogP contribution in [-0.2, 0) is 4.79 Å². The lowest BCUT2D eigenvalue weighted by atomic mass is 9.99. The number of carbonyl (C=O) groups excluding carboxylic acids is 1. The zero-order valence-electron chi connectivity index (χ0n) is 9.98. The van der Waals surface area contributed by atoms with Crippen molar-refractivity contribution >= 4 is 23.4 Å². The van der Waals surface area contributed by atoms with E-state index >= 15 is 0 Å². The molecule has 1 aliphatic carbocycles. The van der Waals surface area contributed by atoms with E-state index in [1.54, 1.807) is 0 Å². The largest absolute Gasteiger partial charge is 0.322 e. The van der Waals surface area contributed by atoms with Gasteiger partial charge in [0, 0.05) is 16.2 Å². The number of nitrogens with one attached hydrogen (secondary N) is 1. The normalized spacial score (nSPS) is 14.5. The highest BCUT2D eigenvalue weighted by atomic mass is 32.2. The van der Waals surface area contributed by atoms with E-state index in [4.69, 9.17) is 5.26 Å². The summed E-state index contributed by atoms with van der Waals surface area (Å²) >= 11 is 1.11. The van der Waals surface area contributed by atoms with Crippen LogP contribution < -0.4 is 5.32 Å². The number of benzene rings is 1. The van der Waals surface area contributed by atoms with E-state index in [0.29, 0.717) is 0 Å². The van der Waals surface area contributed by atoms with E-state index in [1.165, 1.54) is 6.42 Å². The van der Waals surface area contributed by atoms with Gasteiger partial charge >= 0.3 is 0 Å². The second-order valence-electron chi connectivity index (χ2n) is 4.15. The molecule has 2 rings (SSSR count). The van der Waals surface area contributed by atoms with Crippen LogP contribution in [0.5, 0.6) is 0 Å². The molecule has 0 saturated heterocycles. The average Bonchev–Trinajstić information content (AvgIpc) is 2.42. The fourth-order valence-electron chi connectivity index (χ4n) is 1.91. The molecule has 0 unspecified atom stereocenters. The molecule has 0 heterocycles. The maximum absolute atomic E-state index is 11.9. The van der Waals surface area contributed by atoms with Crippen molar-refractivity contribution in [2.24, 2.45) is 0 Å². The Bertz CT molecular complexity index is 500. The highest BCUT2D eigenvalue weighted by molar-refractivity contribution is 8.03. The van der Waals surface area contributed by atoms with Crippen LogP contribution in [0.3, 0.4) is 0 Å². The lowest BCUT2D eigenvalue weighted by Gasteiger charge is -2.12. The summed E-state index contributed by atoms with van der Waals surface area (Å²) in [5, 5.41) is 13.4. The van der Waals surface area contributed by atoms with E-state index in [1.807, 2.05) is 35.7 Å². The molecular formula is C14H14N2OS. The number of thiocyanates is 1. The van der Waals surface area contributed by atoms with Gasteiger partial charge in [-0.1, -0.05) is 6.08 Å². The fourth-order valence-corrected chi connectivity index (χ4v) is 2.29. The number of hydrogen-bond donors (Lipinski definition) is 1. The van der Waals surface area contributed by atoms with Gasteiger partial charge in [-0.3, -0.25) is 4.79 Å². The molecule has 1 aromatic carbocycles. The molecule has 0 saturated carbocycles. The first kappa shape index (κ1) is 12.7. The monoisotopic (exact) mass is 258 g/mol. The van der Waals surface area contributed by atoms with E-state index < -0.39 is 0 Å². The van der Waals surface area contributed by atoms with Crippen LogP contribution >= 0.6 is 11.8 Å². The fraction of sp³-hybridized carbons (Fsp3) is 0.286. The van der Waals surface area contributed by atoms with Crippen LogP contribution in [0.1, 0.15) is 25.7 Å². The molecule has 0 atom stereocenters. The quantitative estimate of drug-likeness (QED) is 0.664. The summed E-state index contributed by atoms with van der Waals surface area (Å²) in [5.41, 5.74) is 1.66. The summed E-state index contributed by atoms with van der Waals surface area (Å²) in [7, 11) is 0. The maximum atomic E-state index is 11.9. The van der Waals surface area contributed by atoms with Gasteiger partial charge in [-0.15, -0.1) is 0 Å². The zero-order chi connectivity index (χ0) is 12.8. The molecule has 1 amide bonds. The van der Waals surface area contributed by atoms with Crippen molar-refractivity contribution < 1.29 is 4.79 Å². The molecule has 0 aliphatic heterocycles.